The maximum Gasteiger partial charge on any atom is 0.351 e. The van der Waals surface area contributed by atoms with E-state index in [9.17, 15) is 22.8 Å². The van der Waals surface area contributed by atoms with Crippen molar-refractivity contribution in [1.82, 2.24) is 9.37 Å². The summed E-state index contributed by atoms with van der Waals surface area (Å²) in [4.78, 5) is 43.1. The summed E-state index contributed by atoms with van der Waals surface area (Å²) >= 11 is 0. The van der Waals surface area contributed by atoms with Crippen molar-refractivity contribution in [1.29, 1.82) is 0 Å². The zero-order valence-electron chi connectivity index (χ0n) is 17.4. The molecule has 9 heteroatoms. The Morgan fingerprint density at radius 3 is 2.10 bits per heavy atom. The highest BCUT2D eigenvalue weighted by Crippen LogP contribution is 2.32. The van der Waals surface area contributed by atoms with Crippen LogP contribution in [-0.2, 0) is 19.7 Å². The van der Waals surface area contributed by atoms with E-state index >= 15 is 0 Å². The number of amides is 2. The molecule has 2 aromatic rings. The minimum absolute atomic E-state index is 0.141. The van der Waals surface area contributed by atoms with Crippen LogP contribution in [0.2, 0.25) is 0 Å². The second-order valence-electron chi connectivity index (χ2n) is 7.86. The smallest absolute Gasteiger partial charge is 0.328 e. The molecule has 0 saturated carbocycles. The fourth-order valence-corrected chi connectivity index (χ4v) is 6.42. The first-order valence-electron chi connectivity index (χ1n) is 9.92. The third-order valence-corrected chi connectivity index (χ3v) is 7.80. The molecule has 2 aliphatic rings. The summed E-state index contributed by atoms with van der Waals surface area (Å²) in [6, 6.07) is 8.59. The zero-order valence-corrected chi connectivity index (χ0v) is 18.2. The van der Waals surface area contributed by atoms with Gasteiger partial charge in [0, 0.05) is 6.54 Å². The van der Waals surface area contributed by atoms with Crippen molar-refractivity contribution >= 4 is 27.8 Å². The average molecular weight is 442 g/mol. The minimum atomic E-state index is -3.98. The highest BCUT2D eigenvalue weighted by atomic mass is 32.2. The lowest BCUT2D eigenvalue weighted by molar-refractivity contribution is -0.172. The van der Waals surface area contributed by atoms with Gasteiger partial charge in [0.15, 0.2) is 0 Å². The first-order chi connectivity index (χ1) is 14.6. The lowest BCUT2D eigenvalue weighted by Gasteiger charge is -2.25. The van der Waals surface area contributed by atoms with Gasteiger partial charge in [0.2, 0.25) is 10.0 Å². The Bertz CT molecular complexity index is 1160. The van der Waals surface area contributed by atoms with E-state index < -0.39 is 33.8 Å². The summed E-state index contributed by atoms with van der Waals surface area (Å²) in [7, 11) is -3.98. The van der Waals surface area contributed by atoms with E-state index in [1.807, 2.05) is 6.92 Å². The van der Waals surface area contributed by atoms with Crippen LogP contribution < -0.4 is 0 Å². The number of hydrogen-bond donors (Lipinski definition) is 0. The van der Waals surface area contributed by atoms with E-state index in [0.717, 1.165) is 9.87 Å². The van der Waals surface area contributed by atoms with Crippen LogP contribution >= 0.6 is 0 Å². The summed E-state index contributed by atoms with van der Waals surface area (Å²) in [6.45, 7) is 5.47. The molecule has 0 bridgehead atoms. The molecule has 162 valence electrons. The van der Waals surface area contributed by atoms with Gasteiger partial charge in [0.1, 0.15) is 6.04 Å². The lowest BCUT2D eigenvalue weighted by atomic mass is 10.1. The second kappa shape index (κ2) is 7.58. The number of carbonyl (C=O) groups excluding carboxylic acids is 3. The Morgan fingerprint density at radius 1 is 1.00 bits per heavy atom. The SMILES string of the molecule is Cc1cc(C)c(S(=O)(=O)N2CCCC2C(=O)ON2C(=O)c3ccccc3C2=O)c(C)c1. The predicted octanol–water partition coefficient (Wildman–Crippen LogP) is 2.52. The fourth-order valence-electron chi connectivity index (χ4n) is 4.36. The van der Waals surface area contributed by atoms with Crippen LogP contribution in [0.4, 0.5) is 0 Å². The van der Waals surface area contributed by atoms with Crippen LogP contribution in [0.3, 0.4) is 0 Å². The number of fused-ring (bicyclic) bond motifs is 1. The number of nitrogens with zero attached hydrogens (tertiary/aromatic N) is 2. The molecule has 1 atom stereocenters. The largest absolute Gasteiger partial charge is 0.351 e. The number of aryl methyl sites for hydroxylation is 3. The molecular weight excluding hydrogens is 420 g/mol. The number of rotatable bonds is 4. The van der Waals surface area contributed by atoms with E-state index in [1.54, 1.807) is 38.1 Å². The topological polar surface area (TPSA) is 101 Å². The van der Waals surface area contributed by atoms with E-state index in [2.05, 4.69) is 0 Å². The van der Waals surface area contributed by atoms with Gasteiger partial charge in [-0.2, -0.15) is 4.31 Å². The predicted molar refractivity (Wildman–Crippen MR) is 111 cm³/mol. The van der Waals surface area contributed by atoms with Crippen molar-refractivity contribution in [2.45, 2.75) is 44.6 Å². The molecule has 0 radical (unpaired) electrons. The van der Waals surface area contributed by atoms with Crippen molar-refractivity contribution in [3.63, 3.8) is 0 Å². The average Bonchev–Trinajstić information content (AvgIpc) is 3.28. The first kappa shape index (κ1) is 21.2. The first-order valence-corrected chi connectivity index (χ1v) is 11.4. The third-order valence-electron chi connectivity index (χ3n) is 5.59. The maximum absolute atomic E-state index is 13.4. The van der Waals surface area contributed by atoms with Crippen LogP contribution in [0.5, 0.6) is 0 Å². The molecule has 1 saturated heterocycles. The Labute approximate surface area is 180 Å². The molecule has 0 aliphatic carbocycles. The molecule has 0 N–H and O–H groups in total. The van der Waals surface area contributed by atoms with Gasteiger partial charge in [-0.05, 0) is 56.9 Å². The molecule has 0 aromatic heterocycles. The van der Waals surface area contributed by atoms with Gasteiger partial charge in [-0.1, -0.05) is 34.9 Å². The summed E-state index contributed by atoms with van der Waals surface area (Å²) in [5.41, 5.74) is 2.41. The Hall–Kier alpha value is -3.04. The van der Waals surface area contributed by atoms with Gasteiger partial charge < -0.3 is 4.84 Å². The standard InChI is InChI=1S/C22H22N2O6S/c1-13-11-14(2)19(15(3)12-13)31(28,29)23-10-6-9-18(23)22(27)30-24-20(25)16-7-4-5-8-17(16)21(24)26/h4-5,7-8,11-12,18H,6,9-10H2,1-3H3. The van der Waals surface area contributed by atoms with Crippen LogP contribution in [0, 0.1) is 20.8 Å². The van der Waals surface area contributed by atoms with Crippen molar-refractivity contribution < 1.29 is 27.6 Å². The Kier molecular flexibility index (Phi) is 5.18. The fraction of sp³-hybridized carbons (Fsp3) is 0.318. The number of sulfonamides is 1. The van der Waals surface area contributed by atoms with Crippen LogP contribution in [0.25, 0.3) is 0 Å². The van der Waals surface area contributed by atoms with Gasteiger partial charge in [0.05, 0.1) is 16.0 Å². The monoisotopic (exact) mass is 442 g/mol. The van der Waals surface area contributed by atoms with E-state index in [-0.39, 0.29) is 29.0 Å². The van der Waals surface area contributed by atoms with Crippen molar-refractivity contribution in [2.24, 2.45) is 0 Å². The Morgan fingerprint density at radius 2 is 1.55 bits per heavy atom. The molecule has 4 rings (SSSR count). The number of imide groups is 1. The summed E-state index contributed by atoms with van der Waals surface area (Å²) in [5, 5.41) is 0.415. The summed E-state index contributed by atoms with van der Waals surface area (Å²) < 4.78 is 27.9. The molecule has 2 amide bonds. The van der Waals surface area contributed by atoms with Gasteiger partial charge in [0.25, 0.3) is 11.8 Å². The quantitative estimate of drug-likeness (QED) is 0.675. The van der Waals surface area contributed by atoms with Crippen molar-refractivity contribution in [3.8, 4) is 0 Å². The van der Waals surface area contributed by atoms with Crippen molar-refractivity contribution in [2.75, 3.05) is 6.54 Å². The molecule has 0 spiro atoms. The molecule has 2 heterocycles. The minimum Gasteiger partial charge on any atom is -0.328 e. The summed E-state index contributed by atoms with van der Waals surface area (Å²) in [5.74, 6) is -2.43. The van der Waals surface area contributed by atoms with Crippen LogP contribution in [-0.4, -0.2) is 48.2 Å². The molecule has 1 unspecified atom stereocenters. The van der Waals surface area contributed by atoms with E-state index in [1.165, 1.54) is 12.1 Å². The van der Waals surface area contributed by atoms with Gasteiger partial charge in [-0.25, -0.2) is 13.2 Å². The molecule has 31 heavy (non-hydrogen) atoms. The molecular formula is C22H22N2O6S. The molecule has 1 fully saturated rings. The van der Waals surface area contributed by atoms with Gasteiger partial charge in [-0.3, -0.25) is 9.59 Å². The molecule has 8 nitrogen and oxygen atoms in total. The molecule has 2 aliphatic heterocycles. The van der Waals surface area contributed by atoms with E-state index in [0.29, 0.717) is 22.6 Å². The summed E-state index contributed by atoms with van der Waals surface area (Å²) in [6.07, 6.45) is 0.705. The number of hydroxylamine groups is 2. The third kappa shape index (κ3) is 3.43. The van der Waals surface area contributed by atoms with Crippen molar-refractivity contribution in [3.05, 3.63) is 64.2 Å². The zero-order chi connectivity index (χ0) is 22.5. The van der Waals surface area contributed by atoms with Gasteiger partial charge in [-0.15, -0.1) is 0 Å². The highest BCUT2D eigenvalue weighted by Gasteiger charge is 2.45. The Balaban J connectivity index is 1.60. The van der Waals surface area contributed by atoms with E-state index in [4.69, 9.17) is 4.84 Å². The maximum atomic E-state index is 13.4. The lowest BCUT2D eigenvalue weighted by Crippen LogP contribution is -2.45. The van der Waals surface area contributed by atoms with Crippen LogP contribution in [0.1, 0.15) is 50.2 Å². The van der Waals surface area contributed by atoms with Gasteiger partial charge >= 0.3 is 5.97 Å². The second-order valence-corrected chi connectivity index (χ2v) is 9.69. The number of benzene rings is 2. The number of hydrogen-bond acceptors (Lipinski definition) is 6. The molecule has 2 aromatic carbocycles. The number of carbonyl (C=O) groups is 3. The normalized spacial score (nSPS) is 19.1. The van der Waals surface area contributed by atoms with Crippen LogP contribution in [0.15, 0.2) is 41.3 Å². The highest BCUT2D eigenvalue weighted by molar-refractivity contribution is 7.89.